The largest absolute Gasteiger partial charge is 0.378 e. The summed E-state index contributed by atoms with van der Waals surface area (Å²) < 4.78 is 5.32. The Morgan fingerprint density at radius 2 is 1.92 bits per heavy atom. The molecule has 0 N–H and O–H groups in total. The molecule has 0 bridgehead atoms. The highest BCUT2D eigenvalue weighted by Crippen LogP contribution is 2.22. The number of hydrogen-bond acceptors (Lipinski definition) is 3. The van der Waals surface area contributed by atoms with Gasteiger partial charge < -0.3 is 14.5 Å². The zero-order chi connectivity index (χ0) is 16.6. The molecule has 0 aromatic heterocycles. The summed E-state index contributed by atoms with van der Waals surface area (Å²) in [4.78, 5) is 16.8. The van der Waals surface area contributed by atoms with Gasteiger partial charge >= 0.3 is 0 Å². The van der Waals surface area contributed by atoms with E-state index in [1.54, 1.807) is 0 Å². The lowest BCUT2D eigenvalue weighted by Gasteiger charge is -2.33. The maximum atomic E-state index is 12.3. The zero-order valence-electron chi connectivity index (χ0n) is 14.7. The monoisotopic (exact) mass is 330 g/mol. The van der Waals surface area contributed by atoms with Gasteiger partial charge in [-0.25, -0.2) is 0 Å². The number of benzene rings is 1. The zero-order valence-corrected chi connectivity index (χ0v) is 14.7. The van der Waals surface area contributed by atoms with Crippen LogP contribution in [0.2, 0.25) is 0 Å². The van der Waals surface area contributed by atoms with Crippen LogP contribution in [0.1, 0.15) is 31.2 Å². The van der Waals surface area contributed by atoms with Crippen molar-refractivity contribution in [2.24, 2.45) is 5.92 Å². The normalized spacial score (nSPS) is 22.5. The average Bonchev–Trinajstić information content (AvgIpc) is 2.66. The van der Waals surface area contributed by atoms with Crippen LogP contribution in [0, 0.1) is 5.92 Å². The van der Waals surface area contributed by atoms with Crippen molar-refractivity contribution in [2.75, 3.05) is 45.9 Å². The molecule has 2 fully saturated rings. The molecule has 132 valence electrons. The number of piperidine rings is 1. The second kappa shape index (κ2) is 9.19. The minimum absolute atomic E-state index is 0.319. The van der Waals surface area contributed by atoms with Gasteiger partial charge in [0.05, 0.1) is 13.2 Å². The summed E-state index contributed by atoms with van der Waals surface area (Å²) in [5.41, 5.74) is 1.42. The number of hydrogen-bond donors (Lipinski definition) is 0. The van der Waals surface area contributed by atoms with E-state index in [-0.39, 0.29) is 0 Å². The molecule has 3 rings (SSSR count). The van der Waals surface area contributed by atoms with Gasteiger partial charge in [0.25, 0.3) is 0 Å². The number of rotatable bonds is 6. The van der Waals surface area contributed by atoms with Gasteiger partial charge in [-0.3, -0.25) is 4.79 Å². The summed E-state index contributed by atoms with van der Waals surface area (Å²) in [5, 5.41) is 0. The first-order valence-electron chi connectivity index (χ1n) is 9.43. The van der Waals surface area contributed by atoms with Crippen LogP contribution in [0.5, 0.6) is 0 Å². The van der Waals surface area contributed by atoms with Gasteiger partial charge in [0.2, 0.25) is 5.91 Å². The Morgan fingerprint density at radius 3 is 2.71 bits per heavy atom. The van der Waals surface area contributed by atoms with Crippen LogP contribution in [-0.4, -0.2) is 61.6 Å². The van der Waals surface area contributed by atoms with Crippen molar-refractivity contribution in [3.05, 3.63) is 35.9 Å². The van der Waals surface area contributed by atoms with Crippen LogP contribution >= 0.6 is 0 Å². The van der Waals surface area contributed by atoms with E-state index in [4.69, 9.17) is 4.74 Å². The fourth-order valence-corrected chi connectivity index (χ4v) is 3.82. The molecular formula is C20H30N2O2. The van der Waals surface area contributed by atoms with Crippen LogP contribution in [0.4, 0.5) is 0 Å². The Kier molecular flexibility index (Phi) is 6.67. The van der Waals surface area contributed by atoms with E-state index in [0.29, 0.717) is 31.5 Å². The van der Waals surface area contributed by atoms with E-state index in [2.05, 4.69) is 35.2 Å². The van der Waals surface area contributed by atoms with Crippen molar-refractivity contribution in [1.29, 1.82) is 0 Å². The molecule has 0 saturated carbocycles. The minimum Gasteiger partial charge on any atom is -0.378 e. The Morgan fingerprint density at radius 1 is 1.12 bits per heavy atom. The SMILES string of the molecule is O=C(CCC1CCCN(CCc2ccccc2)C1)N1CCOCC1. The summed E-state index contributed by atoms with van der Waals surface area (Å²) >= 11 is 0. The van der Waals surface area contributed by atoms with Crippen molar-refractivity contribution in [2.45, 2.75) is 32.1 Å². The lowest BCUT2D eigenvalue weighted by Crippen LogP contribution is -2.41. The van der Waals surface area contributed by atoms with Crippen molar-refractivity contribution in [3.8, 4) is 0 Å². The van der Waals surface area contributed by atoms with Gasteiger partial charge in [0.1, 0.15) is 0 Å². The van der Waals surface area contributed by atoms with Gasteiger partial charge in [0.15, 0.2) is 0 Å². The number of morpholine rings is 1. The van der Waals surface area contributed by atoms with E-state index in [1.165, 1.54) is 24.9 Å². The van der Waals surface area contributed by atoms with Crippen LogP contribution in [-0.2, 0) is 16.0 Å². The molecule has 0 radical (unpaired) electrons. The van der Waals surface area contributed by atoms with Crippen LogP contribution < -0.4 is 0 Å². The maximum absolute atomic E-state index is 12.3. The van der Waals surface area contributed by atoms with Crippen molar-refractivity contribution in [1.82, 2.24) is 9.80 Å². The highest BCUT2D eigenvalue weighted by molar-refractivity contribution is 5.76. The molecule has 2 aliphatic heterocycles. The van der Waals surface area contributed by atoms with Crippen LogP contribution in [0.15, 0.2) is 30.3 Å². The molecule has 1 amide bonds. The Balaban J connectivity index is 1.38. The summed E-state index contributed by atoms with van der Waals surface area (Å²) in [5.74, 6) is 0.999. The lowest BCUT2D eigenvalue weighted by atomic mass is 9.93. The molecular weight excluding hydrogens is 300 g/mol. The number of likely N-dealkylation sites (tertiary alicyclic amines) is 1. The third-order valence-electron chi connectivity index (χ3n) is 5.29. The highest BCUT2D eigenvalue weighted by atomic mass is 16.5. The van der Waals surface area contributed by atoms with E-state index in [1.807, 2.05) is 4.90 Å². The van der Waals surface area contributed by atoms with Gasteiger partial charge in [-0.05, 0) is 43.7 Å². The molecule has 1 atom stereocenters. The maximum Gasteiger partial charge on any atom is 0.222 e. The lowest BCUT2D eigenvalue weighted by molar-refractivity contribution is -0.135. The van der Waals surface area contributed by atoms with Gasteiger partial charge in [-0.15, -0.1) is 0 Å². The molecule has 2 heterocycles. The topological polar surface area (TPSA) is 32.8 Å². The summed E-state index contributed by atoms with van der Waals surface area (Å²) in [6, 6.07) is 10.7. The minimum atomic E-state index is 0.319. The number of carbonyl (C=O) groups is 1. The van der Waals surface area contributed by atoms with Crippen molar-refractivity contribution >= 4 is 5.91 Å². The molecule has 0 aliphatic carbocycles. The quantitative estimate of drug-likeness (QED) is 0.804. The van der Waals surface area contributed by atoms with E-state index in [9.17, 15) is 4.79 Å². The van der Waals surface area contributed by atoms with Crippen molar-refractivity contribution < 1.29 is 9.53 Å². The van der Waals surface area contributed by atoms with Gasteiger partial charge in [-0.2, -0.15) is 0 Å². The molecule has 1 unspecified atom stereocenters. The van der Waals surface area contributed by atoms with E-state index < -0.39 is 0 Å². The second-order valence-electron chi connectivity index (χ2n) is 7.08. The average molecular weight is 330 g/mol. The summed E-state index contributed by atoms with van der Waals surface area (Å²) in [7, 11) is 0. The second-order valence-corrected chi connectivity index (χ2v) is 7.08. The Hall–Kier alpha value is -1.39. The fourth-order valence-electron chi connectivity index (χ4n) is 3.82. The predicted molar refractivity (Wildman–Crippen MR) is 95.9 cm³/mol. The number of carbonyl (C=O) groups excluding carboxylic acids is 1. The third kappa shape index (κ3) is 5.32. The first kappa shape index (κ1) is 17.4. The molecule has 2 aliphatic rings. The standard InChI is InChI=1S/C20H30N2O2/c23-20(22-13-15-24-16-14-22)9-8-19-7-4-11-21(17-19)12-10-18-5-2-1-3-6-18/h1-3,5-6,19H,4,7-17H2. The molecule has 2 saturated heterocycles. The van der Waals surface area contributed by atoms with Crippen molar-refractivity contribution in [3.63, 3.8) is 0 Å². The number of nitrogens with zero attached hydrogens (tertiary/aromatic N) is 2. The third-order valence-corrected chi connectivity index (χ3v) is 5.29. The Bertz CT molecular complexity index is 500. The molecule has 4 heteroatoms. The predicted octanol–water partition coefficient (Wildman–Crippen LogP) is 2.58. The molecule has 1 aromatic carbocycles. The van der Waals surface area contributed by atoms with Crippen LogP contribution in [0.25, 0.3) is 0 Å². The fraction of sp³-hybridized carbons (Fsp3) is 0.650. The van der Waals surface area contributed by atoms with Gasteiger partial charge in [-0.1, -0.05) is 30.3 Å². The molecule has 24 heavy (non-hydrogen) atoms. The molecule has 0 spiro atoms. The first-order chi connectivity index (χ1) is 11.8. The molecule has 4 nitrogen and oxygen atoms in total. The first-order valence-corrected chi connectivity index (χ1v) is 9.43. The number of ether oxygens (including phenoxy) is 1. The van der Waals surface area contributed by atoms with E-state index in [0.717, 1.165) is 39.0 Å². The molecule has 1 aromatic rings. The summed E-state index contributed by atoms with van der Waals surface area (Å²) in [6.07, 6.45) is 5.42. The smallest absolute Gasteiger partial charge is 0.222 e. The summed E-state index contributed by atoms with van der Waals surface area (Å²) in [6.45, 7) is 6.44. The van der Waals surface area contributed by atoms with E-state index >= 15 is 0 Å². The Labute approximate surface area is 145 Å². The van der Waals surface area contributed by atoms with Gasteiger partial charge in [0, 0.05) is 32.6 Å². The highest BCUT2D eigenvalue weighted by Gasteiger charge is 2.22. The van der Waals surface area contributed by atoms with Crippen LogP contribution in [0.3, 0.4) is 0 Å². The number of amides is 1.